The summed E-state index contributed by atoms with van der Waals surface area (Å²) in [5, 5.41) is 18.1. The van der Waals surface area contributed by atoms with E-state index in [4.69, 9.17) is 9.90 Å². The molecule has 4 rings (SSSR count). The Kier molecular flexibility index (Phi) is 7.29. The van der Waals surface area contributed by atoms with E-state index in [2.05, 4.69) is 22.7 Å². The van der Waals surface area contributed by atoms with Crippen molar-refractivity contribution in [2.45, 2.75) is 58.5 Å². The minimum Gasteiger partial charge on any atom is -0.475 e. The summed E-state index contributed by atoms with van der Waals surface area (Å²) in [7, 11) is 0. The Morgan fingerprint density at radius 3 is 2.59 bits per heavy atom. The third-order valence-electron chi connectivity index (χ3n) is 5.68. The van der Waals surface area contributed by atoms with Crippen molar-refractivity contribution in [3.05, 3.63) is 46.8 Å². The zero-order chi connectivity index (χ0) is 25.2. The van der Waals surface area contributed by atoms with E-state index in [1.165, 1.54) is 6.92 Å². The highest BCUT2D eigenvalue weighted by atomic mass is 19.4. The number of amides is 2. The van der Waals surface area contributed by atoms with E-state index in [-0.39, 0.29) is 17.9 Å². The molecule has 1 aromatic carbocycles. The number of nitrogens with zero attached hydrogens (tertiary/aromatic N) is 3. The second-order valence-electron chi connectivity index (χ2n) is 8.27. The van der Waals surface area contributed by atoms with Crippen molar-refractivity contribution in [3.8, 4) is 0 Å². The SMILES string of the molecule is CC(=O)Nc1cccc(C(C)N2CCn3nc4c(c3C2=O)CN[C@H](C)C4)c1.O=C(O)C(F)(F)F. The Bertz CT molecular complexity index is 1100. The number of aromatic nitrogens is 2. The molecular weight excluding hydrogens is 455 g/mol. The van der Waals surface area contributed by atoms with Gasteiger partial charge in [-0.3, -0.25) is 14.3 Å². The fourth-order valence-electron chi connectivity index (χ4n) is 4.01. The van der Waals surface area contributed by atoms with Crippen LogP contribution in [0, 0.1) is 0 Å². The number of hydrogen-bond acceptors (Lipinski definition) is 5. The number of nitrogens with one attached hydrogen (secondary N) is 2. The highest BCUT2D eigenvalue weighted by molar-refractivity contribution is 5.95. The van der Waals surface area contributed by atoms with Crippen molar-refractivity contribution in [2.24, 2.45) is 0 Å². The maximum Gasteiger partial charge on any atom is 0.490 e. The number of hydrogen-bond donors (Lipinski definition) is 3. The van der Waals surface area contributed by atoms with Crippen molar-refractivity contribution in [3.63, 3.8) is 0 Å². The molecule has 0 saturated carbocycles. The molecule has 2 aromatic rings. The maximum absolute atomic E-state index is 13.3. The van der Waals surface area contributed by atoms with Crippen LogP contribution in [-0.2, 0) is 29.1 Å². The van der Waals surface area contributed by atoms with Crippen LogP contribution in [0.3, 0.4) is 0 Å². The first kappa shape index (κ1) is 25.2. The van der Waals surface area contributed by atoms with Gasteiger partial charge >= 0.3 is 12.1 Å². The average molecular weight is 481 g/mol. The molecule has 0 radical (unpaired) electrons. The molecule has 0 fully saturated rings. The summed E-state index contributed by atoms with van der Waals surface area (Å²) in [5.74, 6) is -2.83. The summed E-state index contributed by atoms with van der Waals surface area (Å²) in [6.07, 6.45) is -4.23. The fraction of sp³-hybridized carbons (Fsp3) is 0.455. The largest absolute Gasteiger partial charge is 0.490 e. The van der Waals surface area contributed by atoms with Crippen LogP contribution in [-0.4, -0.2) is 56.3 Å². The molecule has 1 unspecified atom stereocenters. The number of carboxylic acid groups (broad SMARTS) is 1. The molecule has 184 valence electrons. The summed E-state index contributed by atoms with van der Waals surface area (Å²) in [5.41, 5.74) is 4.56. The van der Waals surface area contributed by atoms with Gasteiger partial charge < -0.3 is 20.6 Å². The van der Waals surface area contributed by atoms with E-state index in [0.717, 1.165) is 34.6 Å². The number of fused-ring (bicyclic) bond motifs is 3. The number of benzene rings is 1. The van der Waals surface area contributed by atoms with E-state index >= 15 is 0 Å². The van der Waals surface area contributed by atoms with E-state index in [9.17, 15) is 22.8 Å². The minimum atomic E-state index is -5.08. The molecule has 0 aliphatic carbocycles. The van der Waals surface area contributed by atoms with Gasteiger partial charge in [-0.05, 0) is 31.5 Å². The molecule has 0 saturated heterocycles. The summed E-state index contributed by atoms with van der Waals surface area (Å²) < 4.78 is 33.6. The van der Waals surface area contributed by atoms with Gasteiger partial charge in [0.2, 0.25) is 5.91 Å². The Hall–Kier alpha value is -3.41. The molecule has 2 aliphatic heterocycles. The van der Waals surface area contributed by atoms with Crippen LogP contribution in [0.4, 0.5) is 18.9 Å². The van der Waals surface area contributed by atoms with Crippen LogP contribution in [0.5, 0.6) is 0 Å². The smallest absolute Gasteiger partial charge is 0.475 e. The van der Waals surface area contributed by atoms with Crippen LogP contribution < -0.4 is 10.6 Å². The molecule has 2 amide bonds. The van der Waals surface area contributed by atoms with Gasteiger partial charge in [0, 0.05) is 43.7 Å². The molecule has 3 heterocycles. The number of carbonyl (C=O) groups excluding carboxylic acids is 2. The highest BCUT2D eigenvalue weighted by Gasteiger charge is 2.38. The lowest BCUT2D eigenvalue weighted by Crippen LogP contribution is -2.42. The lowest BCUT2D eigenvalue weighted by atomic mass is 10.00. The molecule has 0 bridgehead atoms. The number of rotatable bonds is 3. The standard InChI is InChI=1S/C20H25N5O2.C2HF3O2/c1-12-9-18-17(11-21-12)19-20(27)24(7-8-25(19)23-18)13(2)15-5-4-6-16(10-15)22-14(3)26;3-2(4,5)1(6)7/h4-6,10,12-13,21H,7-9,11H2,1-3H3,(H,22,26);(H,6,7)/t12-,13?;/m1./s1. The molecule has 12 heteroatoms. The van der Waals surface area contributed by atoms with Gasteiger partial charge in [0.15, 0.2) is 0 Å². The van der Waals surface area contributed by atoms with Crippen LogP contribution in [0.25, 0.3) is 0 Å². The molecule has 2 aliphatic rings. The Balaban J connectivity index is 0.000000406. The highest BCUT2D eigenvalue weighted by Crippen LogP contribution is 2.30. The van der Waals surface area contributed by atoms with Crippen LogP contribution in [0.1, 0.15) is 54.1 Å². The van der Waals surface area contributed by atoms with E-state index < -0.39 is 12.1 Å². The first-order chi connectivity index (χ1) is 15.9. The zero-order valence-electron chi connectivity index (χ0n) is 18.9. The Labute approximate surface area is 193 Å². The van der Waals surface area contributed by atoms with Crippen LogP contribution in [0.2, 0.25) is 0 Å². The molecule has 0 spiro atoms. The van der Waals surface area contributed by atoms with Gasteiger partial charge in [0.1, 0.15) is 5.69 Å². The summed E-state index contributed by atoms with van der Waals surface area (Å²) in [6.45, 7) is 7.68. The van der Waals surface area contributed by atoms with E-state index in [0.29, 0.717) is 25.7 Å². The van der Waals surface area contributed by atoms with Crippen LogP contribution in [0.15, 0.2) is 24.3 Å². The van der Waals surface area contributed by atoms with Crippen molar-refractivity contribution >= 4 is 23.5 Å². The van der Waals surface area contributed by atoms with Gasteiger partial charge in [-0.25, -0.2) is 4.79 Å². The third kappa shape index (κ3) is 5.56. The summed E-state index contributed by atoms with van der Waals surface area (Å²) in [6, 6.07) is 7.99. The number of carboxylic acids is 1. The van der Waals surface area contributed by atoms with Crippen molar-refractivity contribution in [1.82, 2.24) is 20.0 Å². The number of anilines is 1. The number of alkyl halides is 3. The lowest BCUT2D eigenvalue weighted by Gasteiger charge is -2.34. The minimum absolute atomic E-state index is 0.0313. The second kappa shape index (κ2) is 9.84. The molecule has 34 heavy (non-hydrogen) atoms. The predicted molar refractivity (Wildman–Crippen MR) is 116 cm³/mol. The maximum atomic E-state index is 13.3. The number of carbonyl (C=O) groups is 3. The molecular formula is C22H26F3N5O4. The average Bonchev–Trinajstić information content (AvgIpc) is 3.11. The normalized spacial score (nSPS) is 18.2. The Morgan fingerprint density at radius 1 is 1.29 bits per heavy atom. The van der Waals surface area contributed by atoms with E-state index in [1.54, 1.807) is 0 Å². The monoisotopic (exact) mass is 481 g/mol. The predicted octanol–water partition coefficient (Wildman–Crippen LogP) is 2.73. The van der Waals surface area contributed by atoms with Gasteiger partial charge in [-0.2, -0.15) is 18.3 Å². The van der Waals surface area contributed by atoms with Gasteiger partial charge in [0.25, 0.3) is 5.91 Å². The second-order valence-corrected chi connectivity index (χ2v) is 8.27. The van der Waals surface area contributed by atoms with Crippen LogP contribution >= 0.6 is 0 Å². The molecule has 1 aromatic heterocycles. The van der Waals surface area contributed by atoms with Gasteiger partial charge in [-0.15, -0.1) is 0 Å². The molecule has 3 N–H and O–H groups in total. The summed E-state index contributed by atoms with van der Waals surface area (Å²) in [4.78, 5) is 35.4. The topological polar surface area (TPSA) is 117 Å². The number of halogens is 3. The van der Waals surface area contributed by atoms with Crippen molar-refractivity contribution in [2.75, 3.05) is 11.9 Å². The first-order valence-corrected chi connectivity index (χ1v) is 10.7. The van der Waals surface area contributed by atoms with Gasteiger partial charge in [0.05, 0.1) is 18.3 Å². The van der Waals surface area contributed by atoms with Crippen molar-refractivity contribution in [1.29, 1.82) is 0 Å². The first-order valence-electron chi connectivity index (χ1n) is 10.7. The lowest BCUT2D eigenvalue weighted by molar-refractivity contribution is -0.192. The van der Waals surface area contributed by atoms with E-state index in [1.807, 2.05) is 40.8 Å². The quantitative estimate of drug-likeness (QED) is 0.621. The van der Waals surface area contributed by atoms with Crippen molar-refractivity contribution < 1.29 is 32.7 Å². The molecule has 2 atom stereocenters. The molecule has 9 nitrogen and oxygen atoms in total. The Morgan fingerprint density at radius 2 is 1.97 bits per heavy atom. The van der Waals surface area contributed by atoms with Gasteiger partial charge in [-0.1, -0.05) is 12.1 Å². The zero-order valence-corrected chi connectivity index (χ0v) is 18.9. The fourth-order valence-corrected chi connectivity index (χ4v) is 4.01. The summed E-state index contributed by atoms with van der Waals surface area (Å²) >= 11 is 0. The third-order valence-corrected chi connectivity index (χ3v) is 5.68. The number of aliphatic carboxylic acids is 1.